The number of pyridine rings is 1. The molecule has 28 heavy (non-hydrogen) atoms. The number of phenolic OH excluding ortho intramolecular Hbond substituents is 1. The Morgan fingerprint density at radius 2 is 2.18 bits per heavy atom. The second kappa shape index (κ2) is 9.90. The van der Waals surface area contributed by atoms with Gasteiger partial charge in [-0.05, 0) is 25.1 Å². The lowest BCUT2D eigenvalue weighted by Crippen LogP contribution is -2.25. The van der Waals surface area contributed by atoms with Crippen molar-refractivity contribution in [3.05, 3.63) is 50.6 Å². The molecule has 8 nitrogen and oxygen atoms in total. The van der Waals surface area contributed by atoms with Gasteiger partial charge in [-0.2, -0.15) is 10.4 Å². The summed E-state index contributed by atoms with van der Waals surface area (Å²) in [4.78, 5) is 16.1. The molecule has 0 saturated carbocycles. The van der Waals surface area contributed by atoms with Crippen molar-refractivity contribution in [2.75, 3.05) is 13.7 Å². The van der Waals surface area contributed by atoms with Crippen LogP contribution in [0.4, 0.5) is 0 Å². The summed E-state index contributed by atoms with van der Waals surface area (Å²) in [5.74, 6) is -0.772. The number of methoxy groups -OCH3 is 1. The Labute approximate surface area is 171 Å². The van der Waals surface area contributed by atoms with Gasteiger partial charge in [-0.3, -0.25) is 4.79 Å². The predicted octanol–water partition coefficient (Wildman–Crippen LogP) is 2.95. The van der Waals surface area contributed by atoms with Crippen molar-refractivity contribution in [1.29, 1.82) is 5.26 Å². The average molecular weight is 423 g/mol. The first-order valence-corrected chi connectivity index (χ1v) is 8.63. The van der Waals surface area contributed by atoms with Crippen LogP contribution in [0, 0.1) is 18.3 Å². The number of benzene rings is 1. The summed E-state index contributed by atoms with van der Waals surface area (Å²) in [6, 6.07) is 6.52. The van der Waals surface area contributed by atoms with Crippen molar-refractivity contribution >= 4 is 35.3 Å². The Morgan fingerprint density at radius 1 is 1.43 bits per heavy atom. The van der Waals surface area contributed by atoms with E-state index < -0.39 is 12.5 Å². The van der Waals surface area contributed by atoms with Crippen LogP contribution in [0.25, 0.3) is 0 Å². The number of nitrogens with zero attached hydrogens (tertiary/aromatic N) is 3. The lowest BCUT2D eigenvalue weighted by molar-refractivity contribution is -0.123. The molecule has 0 aliphatic heterocycles. The molecule has 0 spiro atoms. The van der Waals surface area contributed by atoms with E-state index in [4.69, 9.17) is 32.7 Å². The van der Waals surface area contributed by atoms with Crippen LogP contribution < -0.4 is 10.2 Å². The standard InChI is InChI=1S/C18H16Cl2N4O4/c1-10-3-12(8-27-2)14(6-21)18(23-10)28-9-16(25)24-22-7-11-4-13(19)5-15(20)17(11)26/h3-5,7,26H,8-9H2,1-2H3,(H,24,25). The van der Waals surface area contributed by atoms with E-state index in [2.05, 4.69) is 15.5 Å². The van der Waals surface area contributed by atoms with Gasteiger partial charge in [-0.15, -0.1) is 0 Å². The number of rotatable bonds is 7. The summed E-state index contributed by atoms with van der Waals surface area (Å²) >= 11 is 11.7. The number of phenols is 1. The summed E-state index contributed by atoms with van der Waals surface area (Å²) in [5.41, 5.74) is 3.89. The molecule has 2 N–H and O–H groups in total. The number of aromatic nitrogens is 1. The van der Waals surface area contributed by atoms with E-state index in [1.807, 2.05) is 6.07 Å². The van der Waals surface area contributed by atoms with Gasteiger partial charge < -0.3 is 14.6 Å². The fraction of sp³-hybridized carbons (Fsp3) is 0.222. The van der Waals surface area contributed by atoms with Crippen molar-refractivity contribution in [3.63, 3.8) is 0 Å². The first-order valence-electron chi connectivity index (χ1n) is 7.88. The smallest absolute Gasteiger partial charge is 0.278 e. The number of aryl methyl sites for hydroxylation is 1. The summed E-state index contributed by atoms with van der Waals surface area (Å²) in [5, 5.41) is 23.2. The third kappa shape index (κ3) is 5.57. The Kier molecular flexibility index (Phi) is 7.58. The zero-order chi connectivity index (χ0) is 20.7. The molecule has 0 unspecified atom stereocenters. The third-order valence-corrected chi connectivity index (χ3v) is 3.90. The number of hydrogen-bond donors (Lipinski definition) is 2. The zero-order valence-electron chi connectivity index (χ0n) is 15.0. The van der Waals surface area contributed by atoms with E-state index in [1.165, 1.54) is 25.5 Å². The topological polar surface area (TPSA) is 117 Å². The highest BCUT2D eigenvalue weighted by atomic mass is 35.5. The Morgan fingerprint density at radius 3 is 2.86 bits per heavy atom. The Hall–Kier alpha value is -2.86. The van der Waals surface area contributed by atoms with Crippen molar-refractivity contribution < 1.29 is 19.4 Å². The summed E-state index contributed by atoms with van der Waals surface area (Å²) in [6.45, 7) is 1.53. The van der Waals surface area contributed by atoms with Crippen LogP contribution in [0.1, 0.15) is 22.4 Å². The van der Waals surface area contributed by atoms with Gasteiger partial charge in [0.15, 0.2) is 6.61 Å². The van der Waals surface area contributed by atoms with E-state index >= 15 is 0 Å². The molecule has 0 aliphatic carbocycles. The van der Waals surface area contributed by atoms with Crippen LogP contribution in [0.3, 0.4) is 0 Å². The van der Waals surface area contributed by atoms with E-state index in [0.29, 0.717) is 16.3 Å². The Bertz CT molecular complexity index is 958. The number of ether oxygens (including phenoxy) is 2. The molecule has 1 aromatic carbocycles. The number of carbonyl (C=O) groups is 1. The lowest BCUT2D eigenvalue weighted by Gasteiger charge is -2.10. The van der Waals surface area contributed by atoms with Gasteiger partial charge in [0.1, 0.15) is 17.4 Å². The fourth-order valence-electron chi connectivity index (χ4n) is 2.23. The van der Waals surface area contributed by atoms with Gasteiger partial charge in [0.25, 0.3) is 5.91 Å². The molecule has 0 fully saturated rings. The van der Waals surface area contributed by atoms with Crippen LogP contribution in [-0.2, 0) is 16.1 Å². The third-order valence-electron chi connectivity index (χ3n) is 3.40. The maximum absolute atomic E-state index is 11.9. The van der Waals surface area contributed by atoms with Crippen LogP contribution in [0.15, 0.2) is 23.3 Å². The predicted molar refractivity (Wildman–Crippen MR) is 104 cm³/mol. The quantitative estimate of drug-likeness (QED) is 0.523. The maximum Gasteiger partial charge on any atom is 0.278 e. The van der Waals surface area contributed by atoms with Crippen molar-refractivity contribution in [1.82, 2.24) is 10.4 Å². The summed E-state index contributed by atoms with van der Waals surface area (Å²) in [6.07, 6.45) is 1.19. The molecule has 0 saturated heterocycles. The molecule has 146 valence electrons. The van der Waals surface area contributed by atoms with Crippen LogP contribution in [0.5, 0.6) is 11.6 Å². The number of nitrogens with one attached hydrogen (secondary N) is 1. The van der Waals surface area contributed by atoms with Crippen molar-refractivity contribution in [2.24, 2.45) is 5.10 Å². The van der Waals surface area contributed by atoms with Gasteiger partial charge in [0, 0.05) is 29.0 Å². The molecule has 10 heteroatoms. The lowest BCUT2D eigenvalue weighted by atomic mass is 10.1. The number of halogens is 2. The minimum absolute atomic E-state index is 0.0351. The van der Waals surface area contributed by atoms with Crippen molar-refractivity contribution in [3.8, 4) is 17.7 Å². The van der Waals surface area contributed by atoms with E-state index in [1.54, 1.807) is 13.0 Å². The molecular formula is C18H16Cl2N4O4. The number of hydrazone groups is 1. The van der Waals surface area contributed by atoms with Gasteiger partial charge in [0.05, 0.1) is 17.8 Å². The normalized spacial score (nSPS) is 10.7. The average Bonchev–Trinajstić information content (AvgIpc) is 2.64. The minimum atomic E-state index is -0.593. The SMILES string of the molecule is COCc1cc(C)nc(OCC(=O)NN=Cc2cc(Cl)cc(Cl)c2O)c1C#N. The van der Waals surface area contributed by atoms with Crippen LogP contribution in [-0.4, -0.2) is 35.9 Å². The second-order valence-electron chi connectivity index (χ2n) is 5.56. The van der Waals surface area contributed by atoms with Gasteiger partial charge in [-0.25, -0.2) is 10.4 Å². The van der Waals surface area contributed by atoms with Gasteiger partial charge in [-0.1, -0.05) is 23.2 Å². The fourth-order valence-corrected chi connectivity index (χ4v) is 2.74. The number of amides is 1. The molecule has 0 radical (unpaired) electrons. The molecule has 0 bridgehead atoms. The molecular weight excluding hydrogens is 407 g/mol. The molecule has 2 rings (SSSR count). The second-order valence-corrected chi connectivity index (χ2v) is 6.40. The zero-order valence-corrected chi connectivity index (χ0v) is 16.5. The highest BCUT2D eigenvalue weighted by molar-refractivity contribution is 6.36. The van der Waals surface area contributed by atoms with E-state index in [-0.39, 0.29) is 34.4 Å². The summed E-state index contributed by atoms with van der Waals surface area (Å²) < 4.78 is 10.4. The molecule has 2 aromatic rings. The first-order chi connectivity index (χ1) is 13.3. The highest BCUT2D eigenvalue weighted by Gasteiger charge is 2.14. The highest BCUT2D eigenvalue weighted by Crippen LogP contribution is 2.29. The molecule has 1 amide bonds. The van der Waals surface area contributed by atoms with Gasteiger partial charge >= 0.3 is 0 Å². The number of carbonyl (C=O) groups excluding carboxylic acids is 1. The molecule has 1 aromatic heterocycles. The van der Waals surface area contributed by atoms with Crippen LogP contribution >= 0.6 is 23.2 Å². The first kappa shape index (κ1) is 21.4. The number of hydrogen-bond acceptors (Lipinski definition) is 7. The Balaban J connectivity index is 2.03. The van der Waals surface area contributed by atoms with Gasteiger partial charge in [0.2, 0.25) is 5.88 Å². The number of nitriles is 1. The number of aromatic hydroxyl groups is 1. The summed E-state index contributed by atoms with van der Waals surface area (Å²) in [7, 11) is 1.51. The van der Waals surface area contributed by atoms with E-state index in [0.717, 1.165) is 0 Å². The monoisotopic (exact) mass is 422 g/mol. The van der Waals surface area contributed by atoms with E-state index in [9.17, 15) is 15.2 Å². The minimum Gasteiger partial charge on any atom is -0.506 e. The molecule has 0 atom stereocenters. The maximum atomic E-state index is 11.9. The molecule has 0 aliphatic rings. The molecule has 1 heterocycles. The largest absolute Gasteiger partial charge is 0.506 e. The van der Waals surface area contributed by atoms with Crippen molar-refractivity contribution in [2.45, 2.75) is 13.5 Å². The van der Waals surface area contributed by atoms with Crippen LogP contribution in [0.2, 0.25) is 10.0 Å².